The molecule has 0 aliphatic carbocycles. The van der Waals surface area contributed by atoms with Gasteiger partial charge in [-0.2, -0.15) is 44.6 Å². The summed E-state index contributed by atoms with van der Waals surface area (Å²) in [6.07, 6.45) is -12.0. The quantitative estimate of drug-likeness (QED) is 0.0122. The van der Waals surface area contributed by atoms with Crippen LogP contribution in [0.2, 0.25) is 0 Å². The van der Waals surface area contributed by atoms with Gasteiger partial charge < -0.3 is 71.8 Å². The molecule has 0 saturated heterocycles. The molecular weight excluding hydrogens is 1620 g/mol. The second-order valence-corrected chi connectivity index (χ2v) is 27.5. The lowest BCUT2D eigenvalue weighted by Gasteiger charge is -2.18. The molecule has 0 spiro atoms. The van der Waals surface area contributed by atoms with E-state index in [1.165, 1.54) is 51.7 Å². The maximum atomic E-state index is 12.3. The van der Waals surface area contributed by atoms with Crippen LogP contribution in [0.1, 0.15) is 86.3 Å². The van der Waals surface area contributed by atoms with E-state index in [0.29, 0.717) is 41.8 Å². The van der Waals surface area contributed by atoms with Gasteiger partial charge >= 0.3 is 54.3 Å². The number of benzene rings is 7. The predicted octanol–water partition coefficient (Wildman–Crippen LogP) is 15.9. The van der Waals surface area contributed by atoms with Crippen molar-refractivity contribution in [3.8, 4) is 28.7 Å². The third-order valence-corrected chi connectivity index (χ3v) is 19.1. The Labute approximate surface area is 667 Å². The first-order chi connectivity index (χ1) is 54.7. The van der Waals surface area contributed by atoms with E-state index in [1.807, 2.05) is 159 Å². The highest BCUT2D eigenvalue weighted by atomic mass is 32.1. The summed E-state index contributed by atoms with van der Waals surface area (Å²) in [6.45, 7) is 6.94. The maximum Gasteiger partial charge on any atom is 0.490 e. The molecule has 0 fully saturated rings. The first-order valence-corrected chi connectivity index (χ1v) is 36.6. The summed E-state index contributed by atoms with van der Waals surface area (Å²) >= 11 is 5.79. The van der Waals surface area contributed by atoms with E-state index in [2.05, 4.69) is 10.1 Å². The van der Waals surface area contributed by atoms with Gasteiger partial charge in [-0.25, -0.2) is 38.4 Å². The van der Waals surface area contributed by atoms with Gasteiger partial charge in [0.25, 0.3) is 0 Å². The van der Waals surface area contributed by atoms with E-state index < -0.39 is 60.6 Å². The van der Waals surface area contributed by atoms with Gasteiger partial charge in [-0.15, -0.1) is 45.3 Å². The number of carboxylic acids is 4. The van der Waals surface area contributed by atoms with Crippen molar-refractivity contribution < 1.29 is 117 Å². The van der Waals surface area contributed by atoms with Crippen molar-refractivity contribution in [1.29, 1.82) is 21.6 Å². The van der Waals surface area contributed by atoms with E-state index in [-0.39, 0.29) is 48.1 Å². The Morgan fingerprint density at radius 1 is 0.457 bits per heavy atom. The number of hydrogen-bond donors (Lipinski definition) is 12. The van der Waals surface area contributed by atoms with Gasteiger partial charge in [0.05, 0.1) is 44.0 Å². The van der Waals surface area contributed by atoms with Gasteiger partial charge in [0.15, 0.2) is 6.10 Å². The summed E-state index contributed by atoms with van der Waals surface area (Å²) in [7, 11) is 0. The number of carbonyl (C=O) groups is 6. The van der Waals surface area contributed by atoms with Crippen molar-refractivity contribution in [3.63, 3.8) is 0 Å². The summed E-state index contributed by atoms with van der Waals surface area (Å²) in [4.78, 5) is 68.7. The zero-order chi connectivity index (χ0) is 85.8. The molecule has 0 aliphatic heterocycles. The number of hydrogen-bond acceptors (Lipinski definition) is 22. The van der Waals surface area contributed by atoms with Crippen LogP contribution in [0.4, 0.5) is 39.5 Å². The number of alkyl halides is 9. The van der Waals surface area contributed by atoms with E-state index in [1.54, 1.807) is 49.1 Å². The molecule has 5 heterocycles. The highest BCUT2D eigenvalue weighted by molar-refractivity contribution is 7.22. The van der Waals surface area contributed by atoms with Crippen LogP contribution in [-0.2, 0) is 46.7 Å². The normalized spacial score (nSPS) is 11.3. The van der Waals surface area contributed by atoms with Gasteiger partial charge in [-0.1, -0.05) is 67.9 Å². The molecule has 16 N–H and O–H groups in total. The minimum Gasteiger partial charge on any atom is -0.489 e. The van der Waals surface area contributed by atoms with Crippen molar-refractivity contribution in [2.45, 2.75) is 77.6 Å². The summed E-state index contributed by atoms with van der Waals surface area (Å²) in [5.41, 5.74) is 25.9. The highest BCUT2D eigenvalue weighted by Gasteiger charge is 2.40. The zero-order valence-electron chi connectivity index (χ0n) is 60.7. The number of amidine groups is 4. The number of nitrogens with one attached hydrogen (secondary N) is 4. The van der Waals surface area contributed by atoms with Crippen molar-refractivity contribution in [2.24, 2.45) is 22.9 Å². The number of ether oxygens (including phenoxy) is 6. The Bertz CT molecular complexity index is 5350. The summed E-state index contributed by atoms with van der Waals surface area (Å²) < 4.78 is 134. The number of aromatic carboxylic acids is 1. The number of aliphatic carboxylic acids is 3. The first-order valence-electron chi connectivity index (χ1n) is 33.3. The number of nitrogens with two attached hydrogens (primary N) is 4. The number of nitrogens with zero attached hydrogens (tertiary/aromatic N) is 3. The van der Waals surface area contributed by atoms with Gasteiger partial charge in [-0.3, -0.25) is 21.6 Å². The van der Waals surface area contributed by atoms with Crippen LogP contribution in [0.25, 0.3) is 46.0 Å². The Hall–Kier alpha value is -13.2. The van der Waals surface area contributed by atoms with Crippen LogP contribution < -0.4 is 41.9 Å². The summed E-state index contributed by atoms with van der Waals surface area (Å²) in [5, 5.41) is 68.6. The molecule has 2 atom stereocenters. The van der Waals surface area contributed by atoms with Crippen molar-refractivity contribution in [3.05, 3.63) is 230 Å². The number of carbonyl (C=O) groups excluding carboxylic acids is 2. The molecule has 0 radical (unpaired) electrons. The summed E-state index contributed by atoms with van der Waals surface area (Å²) in [5.74, 6) is -7.07. The molecule has 0 amide bonds. The fourth-order valence-electron chi connectivity index (χ4n) is 9.24. The van der Waals surface area contributed by atoms with Gasteiger partial charge in [0.2, 0.25) is 6.10 Å². The van der Waals surface area contributed by atoms with E-state index in [4.69, 9.17) is 108 Å². The lowest BCUT2D eigenvalue weighted by molar-refractivity contribution is -0.193. The molecule has 0 bridgehead atoms. The molecule has 1 unspecified atom stereocenters. The van der Waals surface area contributed by atoms with Crippen LogP contribution in [0.5, 0.6) is 23.0 Å². The minimum absolute atomic E-state index is 0.0392. The van der Waals surface area contributed by atoms with Crippen molar-refractivity contribution in [1.82, 2.24) is 14.8 Å². The molecule has 0 saturated carbocycles. The molecule has 27 nitrogen and oxygen atoms in total. The van der Waals surface area contributed by atoms with Gasteiger partial charge in [-0.05, 0) is 174 Å². The molecule has 0 aliphatic rings. The number of aromatic nitrogens is 3. The Morgan fingerprint density at radius 3 is 1.20 bits per heavy atom. The van der Waals surface area contributed by atoms with Crippen molar-refractivity contribution >= 4 is 145 Å². The third-order valence-electron chi connectivity index (χ3n) is 14.6. The maximum absolute atomic E-state index is 12.3. The molecule has 40 heteroatoms. The van der Waals surface area contributed by atoms with Crippen molar-refractivity contribution in [2.75, 3.05) is 13.2 Å². The van der Waals surface area contributed by atoms with E-state index in [0.717, 1.165) is 89.5 Å². The number of rotatable bonds is 23. The number of fused-ring (bicyclic) bond motifs is 4. The Kier molecular flexibility index (Phi) is 33.7. The lowest BCUT2D eigenvalue weighted by Crippen LogP contribution is -2.29. The van der Waals surface area contributed by atoms with Gasteiger partial charge in [0, 0.05) is 24.4 Å². The number of esters is 2. The first kappa shape index (κ1) is 91.7. The number of thiophene rings is 4. The van der Waals surface area contributed by atoms with Crippen LogP contribution in [0.15, 0.2) is 189 Å². The Balaban J connectivity index is 0.000000222. The molecule has 12 aromatic rings. The third kappa shape index (κ3) is 28.8. The number of halogens is 9. The largest absolute Gasteiger partial charge is 0.490 e. The number of carboxylic acid groups (broad SMARTS) is 4. The number of nitrogen functional groups attached to an aromatic ring is 4. The van der Waals surface area contributed by atoms with Gasteiger partial charge in [0.1, 0.15) is 72.2 Å². The molecule has 5 aromatic heterocycles. The van der Waals surface area contributed by atoms with Crippen LogP contribution in [0.3, 0.4) is 0 Å². The van der Waals surface area contributed by atoms with Crippen LogP contribution in [0, 0.1) is 21.6 Å². The fourth-order valence-corrected chi connectivity index (χ4v) is 13.0. The van der Waals surface area contributed by atoms with E-state index >= 15 is 0 Å². The standard InChI is InChI=1S/C19H18N2O3S.C18H15N5OS.C17H14N2O3S.C16H20N2O3S.3C2HF3O2/c1-2-23-19(22)17(12-6-4-3-5-7-12)24-14-9-8-13-10-16(18(20)21)25-15(13)11-14;19-18(20)17-7-13-3-6-15(8-16(13)25-17)24-9-12-1-4-14(5-2-12)23-11-21-10-22-23;18-16(19)15-7-11-4-5-13(8-14(11)23-15)22-9-10-2-1-3-12(6-10)17(20)21;1-3-5-12(16(19)20-4-2)21-11-7-6-10-8-14(15(17)18)22-13(10)9-11;3*3-2(4,5)1(6)7/h3-11,17H,2H2,1H3,(H3,20,21);1-8,10-11H,9H2,(H3,19,20);1-8H,9H2,(H3,18,19)(H,20,21);6-9,12H,3-5H2,1-2H3,(H3,17,18);3*(H,6,7)/t17-;;;;;;/m1....../s1. The average Bonchev–Trinajstić information content (AvgIpc) is 1.64. The van der Waals surface area contributed by atoms with Crippen LogP contribution in [-0.4, -0.2) is 132 Å². The lowest BCUT2D eigenvalue weighted by atomic mass is 10.1. The minimum atomic E-state index is -5.08. The molecule has 116 heavy (non-hydrogen) atoms. The van der Waals surface area contributed by atoms with Crippen LogP contribution >= 0.6 is 45.3 Å². The average molecular weight is 1690 g/mol. The monoisotopic (exact) mass is 1690 g/mol. The second kappa shape index (κ2) is 42.6. The second-order valence-electron chi connectivity index (χ2n) is 23.2. The summed E-state index contributed by atoms with van der Waals surface area (Å²) in [6, 6.07) is 54.1. The van der Waals surface area contributed by atoms with E-state index in [9.17, 15) is 53.9 Å². The molecule has 12 rings (SSSR count). The zero-order valence-corrected chi connectivity index (χ0v) is 63.9. The Morgan fingerprint density at radius 2 is 0.836 bits per heavy atom. The SMILES string of the molecule is CCCC(Oc1ccc2cc(C(=N)N)sc2c1)C(=O)OCC.CCOC(=O)[C@H](Oc1ccc2cc(C(=N)N)sc2c1)c1ccccc1.N=C(N)c1cc2ccc(OCc3ccc(-n4cncn4)cc3)cc2s1.N=C(N)c1cc2ccc(OCc3cccc(C(=O)O)c3)cc2s1.O=C(O)C(F)(F)F.O=C(O)C(F)(F)F.O=C(O)C(F)(F)F. The highest BCUT2D eigenvalue weighted by Crippen LogP contribution is 2.35. The molecule has 7 aromatic carbocycles. The topological polar surface area (TPSA) is 469 Å². The molecular formula is C76H70F9N11O16S4. The predicted molar refractivity (Wildman–Crippen MR) is 418 cm³/mol. The molecule has 612 valence electrons. The fraction of sp³-hybridized carbons (Fsp3) is 0.184. The smallest absolute Gasteiger partial charge is 0.489 e.